The maximum absolute atomic E-state index is 12.1. The minimum Gasteiger partial charge on any atom is -0.480 e. The lowest BCUT2D eigenvalue weighted by Gasteiger charge is -2.32. The van der Waals surface area contributed by atoms with Crippen molar-refractivity contribution in [2.45, 2.75) is 85.6 Å². The minimum atomic E-state index is -1.06. The summed E-state index contributed by atoms with van der Waals surface area (Å²) in [6.07, 6.45) is 17.2. The molecule has 0 radical (unpaired) electrons. The normalized spacial score (nSPS) is 17.1. The van der Waals surface area contributed by atoms with Crippen molar-refractivity contribution in [3.63, 3.8) is 0 Å². The number of rotatable bonds is 17. The molecule has 0 saturated carbocycles. The number of carboxylic acid groups (broad SMARTS) is 1. The first-order valence-electron chi connectivity index (χ1n) is 14.0. The van der Waals surface area contributed by atoms with E-state index in [1.807, 2.05) is 25.2 Å². The maximum atomic E-state index is 12.1. The second-order valence-electron chi connectivity index (χ2n) is 10.8. The summed E-state index contributed by atoms with van der Waals surface area (Å²) in [4.78, 5) is 35.3. The topological polar surface area (TPSA) is 131 Å². The molecule has 0 spiro atoms. The van der Waals surface area contributed by atoms with Gasteiger partial charge in [-0.3, -0.25) is 9.59 Å². The van der Waals surface area contributed by atoms with Crippen LogP contribution in [0.25, 0.3) is 0 Å². The van der Waals surface area contributed by atoms with E-state index in [0.717, 1.165) is 11.1 Å². The molecule has 1 unspecified atom stereocenters. The van der Waals surface area contributed by atoms with Gasteiger partial charge in [0.2, 0.25) is 11.8 Å². The van der Waals surface area contributed by atoms with Crippen LogP contribution in [-0.2, 0) is 19.1 Å². The highest BCUT2D eigenvalue weighted by Gasteiger charge is 2.26. The Labute approximate surface area is 234 Å². The van der Waals surface area contributed by atoms with Crippen LogP contribution in [-0.4, -0.2) is 55.2 Å². The molecule has 0 aromatic heterocycles. The quantitative estimate of drug-likeness (QED) is 0.119. The van der Waals surface area contributed by atoms with Gasteiger partial charge in [-0.05, 0) is 82.4 Å². The molecule has 8 heteroatoms. The summed E-state index contributed by atoms with van der Waals surface area (Å²) in [6.45, 7) is 12.0. The van der Waals surface area contributed by atoms with Crippen LogP contribution in [0, 0.1) is 5.41 Å². The Balaban J connectivity index is 2.34. The number of carboxylic acids is 1. The first-order valence-corrected chi connectivity index (χ1v) is 14.0. The van der Waals surface area contributed by atoms with E-state index < -0.39 is 12.0 Å². The summed E-state index contributed by atoms with van der Waals surface area (Å²) >= 11 is 0. The smallest absolute Gasteiger partial charge is 0.326 e. The molecule has 0 aromatic carbocycles. The van der Waals surface area contributed by atoms with E-state index in [-0.39, 0.29) is 36.9 Å². The van der Waals surface area contributed by atoms with Crippen LogP contribution >= 0.6 is 0 Å². The molecule has 218 valence electrons. The lowest BCUT2D eigenvalue weighted by atomic mass is 9.72. The third-order valence-electron chi connectivity index (χ3n) is 6.73. The van der Waals surface area contributed by atoms with E-state index >= 15 is 0 Å². The zero-order valence-corrected chi connectivity index (χ0v) is 24.5. The van der Waals surface area contributed by atoms with Gasteiger partial charge in [0.1, 0.15) is 6.04 Å². The molecule has 0 aliphatic heterocycles. The van der Waals surface area contributed by atoms with Gasteiger partial charge in [0, 0.05) is 19.0 Å². The van der Waals surface area contributed by atoms with Crippen LogP contribution in [0.3, 0.4) is 0 Å². The molecule has 1 rings (SSSR count). The van der Waals surface area contributed by atoms with E-state index in [1.165, 1.54) is 36.5 Å². The van der Waals surface area contributed by atoms with Crippen molar-refractivity contribution >= 4 is 17.8 Å². The van der Waals surface area contributed by atoms with E-state index in [9.17, 15) is 19.5 Å². The van der Waals surface area contributed by atoms with Gasteiger partial charge in [-0.25, -0.2) is 4.79 Å². The van der Waals surface area contributed by atoms with Gasteiger partial charge in [0.05, 0.1) is 13.2 Å². The average molecular weight is 544 g/mol. The maximum Gasteiger partial charge on any atom is 0.326 e. The van der Waals surface area contributed by atoms with Crippen LogP contribution in [0.1, 0.15) is 79.6 Å². The number of hydrogen-bond acceptors (Lipinski definition) is 5. The summed E-state index contributed by atoms with van der Waals surface area (Å²) in [6, 6.07) is -0.917. The van der Waals surface area contributed by atoms with Crippen molar-refractivity contribution in [2.75, 3.05) is 26.3 Å². The minimum absolute atomic E-state index is 0.0511. The van der Waals surface area contributed by atoms with Crippen LogP contribution < -0.4 is 16.4 Å². The Hall–Kier alpha value is -2.97. The molecule has 1 aliphatic rings. The fraction of sp³-hybridized carbons (Fsp3) is 0.581. The van der Waals surface area contributed by atoms with Gasteiger partial charge in [0.15, 0.2) is 0 Å². The fourth-order valence-electron chi connectivity index (χ4n) is 4.47. The molecule has 2 amide bonds. The number of nitrogens with one attached hydrogen (secondary N) is 2. The van der Waals surface area contributed by atoms with Gasteiger partial charge in [-0.15, -0.1) is 0 Å². The highest BCUT2D eigenvalue weighted by molar-refractivity contribution is 5.88. The highest BCUT2D eigenvalue weighted by atomic mass is 16.5. The Morgan fingerprint density at radius 2 is 1.87 bits per heavy atom. The molecule has 1 aliphatic carbocycles. The van der Waals surface area contributed by atoms with Crippen molar-refractivity contribution in [1.82, 2.24) is 10.6 Å². The molecule has 0 aromatic rings. The van der Waals surface area contributed by atoms with Gasteiger partial charge in [-0.1, -0.05) is 55.4 Å². The zero-order chi connectivity index (χ0) is 29.3. The molecular formula is C31H49N3O5. The Morgan fingerprint density at radius 3 is 2.54 bits per heavy atom. The fourth-order valence-corrected chi connectivity index (χ4v) is 4.47. The van der Waals surface area contributed by atoms with Crippen molar-refractivity contribution in [2.24, 2.45) is 11.1 Å². The second-order valence-corrected chi connectivity index (χ2v) is 10.8. The number of allylic oxidation sites excluding steroid dienone is 9. The standard InChI is InChI=1S/C31H49N3O5/c1-23(14-15-26-25(3)12-9-17-31(26,4)5)10-8-11-24(2)22-29(36)33-19-21-39-20-16-28(35)34-27(30(37)38)13-6-7-18-32/h8,10-11,14-15,22,27H,6-7,9,12-13,16-21,32H2,1-5H3,(H,33,36)(H,34,35)(H,37,38)/b11-8+,15-14+,23-10+,24-22+. The first kappa shape index (κ1) is 34.1. The van der Waals surface area contributed by atoms with Crippen LogP contribution in [0.5, 0.6) is 0 Å². The van der Waals surface area contributed by atoms with Crippen LogP contribution in [0.15, 0.2) is 58.7 Å². The summed E-state index contributed by atoms with van der Waals surface area (Å²) in [5.74, 6) is -1.66. The zero-order valence-electron chi connectivity index (χ0n) is 24.5. The van der Waals surface area contributed by atoms with E-state index in [0.29, 0.717) is 32.4 Å². The van der Waals surface area contributed by atoms with E-state index in [2.05, 4.69) is 50.5 Å². The first-order chi connectivity index (χ1) is 18.5. The van der Waals surface area contributed by atoms with Gasteiger partial charge in [0.25, 0.3) is 0 Å². The number of hydrogen-bond donors (Lipinski definition) is 4. The largest absolute Gasteiger partial charge is 0.480 e. The van der Waals surface area contributed by atoms with Crippen molar-refractivity contribution < 1.29 is 24.2 Å². The van der Waals surface area contributed by atoms with Crippen LogP contribution in [0.2, 0.25) is 0 Å². The monoisotopic (exact) mass is 543 g/mol. The van der Waals surface area contributed by atoms with Crippen molar-refractivity contribution in [1.29, 1.82) is 0 Å². The summed E-state index contributed by atoms with van der Waals surface area (Å²) in [5, 5.41) is 14.5. The third-order valence-corrected chi connectivity index (χ3v) is 6.73. The molecule has 0 fully saturated rings. The van der Waals surface area contributed by atoms with Gasteiger partial charge < -0.3 is 26.2 Å². The molecule has 1 atom stereocenters. The van der Waals surface area contributed by atoms with Crippen molar-refractivity contribution in [3.05, 3.63) is 58.7 Å². The second kappa shape index (κ2) is 18.3. The lowest BCUT2D eigenvalue weighted by Crippen LogP contribution is -2.41. The number of carbonyl (C=O) groups is 3. The molecule has 39 heavy (non-hydrogen) atoms. The number of amides is 2. The van der Waals surface area contributed by atoms with Crippen LogP contribution in [0.4, 0.5) is 0 Å². The summed E-state index contributed by atoms with van der Waals surface area (Å²) in [7, 11) is 0. The number of ether oxygens (including phenoxy) is 1. The molecule has 0 heterocycles. The highest BCUT2D eigenvalue weighted by Crippen LogP contribution is 2.40. The predicted octanol–water partition coefficient (Wildman–Crippen LogP) is 4.74. The Morgan fingerprint density at radius 1 is 1.13 bits per heavy atom. The summed E-state index contributed by atoms with van der Waals surface area (Å²) < 4.78 is 5.39. The molecular weight excluding hydrogens is 494 g/mol. The molecule has 0 bridgehead atoms. The third kappa shape index (κ3) is 14.7. The van der Waals surface area contributed by atoms with Gasteiger partial charge in [-0.2, -0.15) is 0 Å². The van der Waals surface area contributed by atoms with E-state index in [4.69, 9.17) is 10.5 Å². The van der Waals surface area contributed by atoms with Crippen molar-refractivity contribution in [3.8, 4) is 0 Å². The van der Waals surface area contributed by atoms with Gasteiger partial charge >= 0.3 is 5.97 Å². The predicted molar refractivity (Wildman–Crippen MR) is 157 cm³/mol. The lowest BCUT2D eigenvalue weighted by molar-refractivity contribution is -0.142. The molecule has 5 N–H and O–H groups in total. The number of carbonyl (C=O) groups excluding carboxylic acids is 2. The Kier molecular flexibility index (Phi) is 16.0. The molecule has 0 saturated heterocycles. The Bertz CT molecular complexity index is 973. The number of unbranched alkanes of at least 4 members (excludes halogenated alkanes) is 1. The SMILES string of the molecule is CC1=C(/C=C/C(C)=C/C=C/C(C)=C/C(=O)NCCOCCC(=O)NC(CCCCN)C(=O)O)C(C)(C)CCC1. The van der Waals surface area contributed by atoms with E-state index in [1.54, 1.807) is 0 Å². The molecule has 8 nitrogen and oxygen atoms in total. The average Bonchev–Trinajstić information content (AvgIpc) is 2.84. The number of aliphatic carboxylic acids is 1. The summed E-state index contributed by atoms with van der Waals surface area (Å²) in [5.41, 5.74) is 10.5. The number of nitrogens with two attached hydrogens (primary N) is 1.